The fraction of sp³-hybridized carbons (Fsp3) is 0.0541. The maximum absolute atomic E-state index is 6.25. The number of hydrogen-bond donors (Lipinski definition) is 2. The molecule has 0 saturated heterocycles. The van der Waals surface area contributed by atoms with E-state index in [4.69, 9.17) is 9.41 Å². The van der Waals surface area contributed by atoms with Gasteiger partial charge in [0.2, 0.25) is 0 Å². The van der Waals surface area contributed by atoms with Crippen molar-refractivity contribution in [2.75, 3.05) is 0 Å². The standard InChI is InChI=1S/C37H25N3OS/c1-2-9-23-20-24(17-16-22(23)8-1)35-38-36(25-18-19-27-26-10-4-6-15-32(26)42-33(27)21-25)40-37(39-35)29-12-7-14-31-34(29)28-11-3-5-13-30(28)41-31/h1-21,36-37,40H,(H,38,39). The van der Waals surface area contributed by atoms with Gasteiger partial charge in [0, 0.05) is 42.1 Å². The lowest BCUT2D eigenvalue weighted by Crippen LogP contribution is -2.45. The molecule has 2 N–H and O–H groups in total. The van der Waals surface area contributed by atoms with Crippen LogP contribution in [-0.2, 0) is 0 Å². The minimum Gasteiger partial charge on any atom is -0.456 e. The van der Waals surface area contributed by atoms with Gasteiger partial charge in [-0.2, -0.15) is 0 Å². The third-order valence-corrected chi connectivity index (χ3v) is 9.48. The Hall–Kier alpha value is -4.97. The molecule has 1 aliphatic rings. The summed E-state index contributed by atoms with van der Waals surface area (Å²) in [6.45, 7) is 0. The van der Waals surface area contributed by atoms with E-state index in [0.29, 0.717) is 0 Å². The highest BCUT2D eigenvalue weighted by atomic mass is 32.1. The van der Waals surface area contributed by atoms with Gasteiger partial charge in [0.05, 0.1) is 0 Å². The number of furan rings is 1. The number of benzene rings is 6. The van der Waals surface area contributed by atoms with Crippen molar-refractivity contribution in [3.8, 4) is 0 Å². The predicted octanol–water partition coefficient (Wildman–Crippen LogP) is 9.44. The van der Waals surface area contributed by atoms with Crippen LogP contribution >= 0.6 is 11.3 Å². The van der Waals surface area contributed by atoms with Crippen LogP contribution < -0.4 is 10.6 Å². The van der Waals surface area contributed by atoms with Crippen molar-refractivity contribution in [1.29, 1.82) is 0 Å². The fourth-order valence-electron chi connectivity index (χ4n) is 6.33. The topological polar surface area (TPSA) is 49.6 Å². The molecule has 200 valence electrons. The lowest BCUT2D eigenvalue weighted by molar-refractivity contribution is 0.411. The first kappa shape index (κ1) is 23.7. The largest absolute Gasteiger partial charge is 0.456 e. The van der Waals surface area contributed by atoms with Crippen molar-refractivity contribution in [3.63, 3.8) is 0 Å². The Balaban J connectivity index is 1.21. The van der Waals surface area contributed by atoms with Crippen LogP contribution in [0, 0.1) is 0 Å². The fourth-order valence-corrected chi connectivity index (χ4v) is 7.48. The van der Waals surface area contributed by atoms with E-state index in [1.54, 1.807) is 0 Å². The molecule has 0 bridgehead atoms. The molecule has 3 heterocycles. The summed E-state index contributed by atoms with van der Waals surface area (Å²) in [7, 11) is 0. The summed E-state index contributed by atoms with van der Waals surface area (Å²) < 4.78 is 8.83. The number of para-hydroxylation sites is 1. The Morgan fingerprint density at radius 1 is 0.619 bits per heavy atom. The third kappa shape index (κ3) is 3.75. The van der Waals surface area contributed by atoms with Gasteiger partial charge in [-0.3, -0.25) is 5.32 Å². The number of aliphatic imine (C=N–C) groups is 1. The molecule has 0 saturated carbocycles. The summed E-state index contributed by atoms with van der Waals surface area (Å²) in [6, 6.07) is 45.0. The second-order valence-electron chi connectivity index (χ2n) is 10.9. The maximum atomic E-state index is 6.25. The zero-order valence-corrected chi connectivity index (χ0v) is 23.4. The van der Waals surface area contributed by atoms with Crippen LogP contribution in [0.2, 0.25) is 0 Å². The van der Waals surface area contributed by atoms with Crippen molar-refractivity contribution in [1.82, 2.24) is 10.6 Å². The van der Waals surface area contributed by atoms with Gasteiger partial charge < -0.3 is 9.73 Å². The molecule has 6 aromatic carbocycles. The number of thiophene rings is 1. The summed E-state index contributed by atoms with van der Waals surface area (Å²) in [5, 5.41) is 14.8. The molecule has 2 atom stereocenters. The van der Waals surface area contributed by atoms with E-state index in [-0.39, 0.29) is 12.3 Å². The Kier molecular flexibility index (Phi) is 5.24. The molecule has 0 fully saturated rings. The number of rotatable bonds is 3. The second kappa shape index (κ2) is 9.28. The molecule has 1 aliphatic heterocycles. The van der Waals surface area contributed by atoms with Crippen molar-refractivity contribution >= 4 is 70.1 Å². The molecular formula is C37H25N3OS. The summed E-state index contributed by atoms with van der Waals surface area (Å²) in [5.41, 5.74) is 5.13. The van der Waals surface area contributed by atoms with Gasteiger partial charge in [0.1, 0.15) is 29.3 Å². The predicted molar refractivity (Wildman–Crippen MR) is 175 cm³/mol. The van der Waals surface area contributed by atoms with E-state index in [2.05, 4.69) is 120 Å². The van der Waals surface area contributed by atoms with E-state index < -0.39 is 0 Å². The third-order valence-electron chi connectivity index (χ3n) is 8.35. The van der Waals surface area contributed by atoms with Crippen LogP contribution in [0.4, 0.5) is 0 Å². The number of nitrogens with zero attached hydrogens (tertiary/aromatic N) is 1. The monoisotopic (exact) mass is 559 g/mol. The molecule has 0 amide bonds. The summed E-state index contributed by atoms with van der Waals surface area (Å²) in [5.74, 6) is 0.871. The number of hydrogen-bond acceptors (Lipinski definition) is 5. The average Bonchev–Trinajstić information content (AvgIpc) is 3.62. The van der Waals surface area contributed by atoms with Gasteiger partial charge in [0.25, 0.3) is 0 Å². The van der Waals surface area contributed by atoms with Gasteiger partial charge in [-0.1, -0.05) is 97.1 Å². The Bertz CT molecular complexity index is 2350. The molecule has 5 heteroatoms. The van der Waals surface area contributed by atoms with Crippen molar-refractivity contribution in [2.45, 2.75) is 12.3 Å². The number of fused-ring (bicyclic) bond motifs is 7. The first-order chi connectivity index (χ1) is 20.8. The molecule has 9 rings (SSSR count). The van der Waals surface area contributed by atoms with Crippen LogP contribution in [0.1, 0.15) is 29.0 Å². The highest BCUT2D eigenvalue weighted by molar-refractivity contribution is 7.25. The van der Waals surface area contributed by atoms with Crippen LogP contribution in [0.25, 0.3) is 52.9 Å². The Labute approximate surface area is 245 Å². The van der Waals surface area contributed by atoms with Crippen molar-refractivity contribution < 1.29 is 4.42 Å². The Morgan fingerprint density at radius 2 is 1.40 bits per heavy atom. The Morgan fingerprint density at radius 3 is 2.36 bits per heavy atom. The van der Waals surface area contributed by atoms with Gasteiger partial charge in [-0.15, -0.1) is 11.3 Å². The van der Waals surface area contributed by atoms with Crippen LogP contribution in [0.5, 0.6) is 0 Å². The maximum Gasteiger partial charge on any atom is 0.135 e. The smallest absolute Gasteiger partial charge is 0.135 e. The second-order valence-corrected chi connectivity index (χ2v) is 11.9. The van der Waals surface area contributed by atoms with Crippen molar-refractivity contribution in [3.05, 3.63) is 144 Å². The first-order valence-electron chi connectivity index (χ1n) is 14.2. The molecule has 2 aromatic heterocycles. The van der Waals surface area contributed by atoms with Gasteiger partial charge >= 0.3 is 0 Å². The zero-order chi connectivity index (χ0) is 27.6. The highest BCUT2D eigenvalue weighted by Crippen LogP contribution is 2.38. The molecule has 4 nitrogen and oxygen atoms in total. The van der Waals surface area contributed by atoms with E-state index in [9.17, 15) is 0 Å². The lowest BCUT2D eigenvalue weighted by Gasteiger charge is -2.32. The SMILES string of the molecule is c1ccc2cc(C3=NC(c4ccc5c(c4)sc4ccccc45)NC(c4cccc5oc6ccccc6c45)N3)ccc2c1. The van der Waals surface area contributed by atoms with Gasteiger partial charge in [-0.05, 0) is 46.7 Å². The van der Waals surface area contributed by atoms with E-state index in [0.717, 1.165) is 44.5 Å². The van der Waals surface area contributed by atoms with Gasteiger partial charge in [-0.25, -0.2) is 4.99 Å². The van der Waals surface area contributed by atoms with Crippen LogP contribution in [0.3, 0.4) is 0 Å². The minimum atomic E-state index is -0.235. The van der Waals surface area contributed by atoms with E-state index >= 15 is 0 Å². The molecule has 0 aliphatic carbocycles. The molecule has 0 spiro atoms. The van der Waals surface area contributed by atoms with E-state index in [1.165, 1.54) is 30.9 Å². The van der Waals surface area contributed by atoms with Crippen LogP contribution in [0.15, 0.2) is 137 Å². The number of amidine groups is 1. The molecule has 8 aromatic rings. The van der Waals surface area contributed by atoms with Crippen molar-refractivity contribution in [2.24, 2.45) is 4.99 Å². The van der Waals surface area contributed by atoms with Crippen LogP contribution in [-0.4, -0.2) is 5.84 Å². The quantitative estimate of drug-likeness (QED) is 0.227. The normalized spacial score (nSPS) is 17.3. The molecular weight excluding hydrogens is 534 g/mol. The van der Waals surface area contributed by atoms with E-state index in [1.807, 2.05) is 29.5 Å². The molecule has 2 unspecified atom stereocenters. The molecule has 42 heavy (non-hydrogen) atoms. The minimum absolute atomic E-state index is 0.184. The number of nitrogens with one attached hydrogen (secondary N) is 2. The van der Waals surface area contributed by atoms with Gasteiger partial charge in [0.15, 0.2) is 0 Å². The average molecular weight is 560 g/mol. The summed E-state index contributed by atoms with van der Waals surface area (Å²) in [4.78, 5) is 5.27. The molecule has 0 radical (unpaired) electrons. The summed E-state index contributed by atoms with van der Waals surface area (Å²) >= 11 is 1.84. The lowest BCUT2D eigenvalue weighted by atomic mass is 10.0. The zero-order valence-electron chi connectivity index (χ0n) is 22.5. The highest BCUT2D eigenvalue weighted by Gasteiger charge is 2.28. The summed E-state index contributed by atoms with van der Waals surface area (Å²) in [6.07, 6.45) is -0.419. The first-order valence-corrected chi connectivity index (χ1v) is 15.0.